The van der Waals surface area contributed by atoms with E-state index >= 15 is 0 Å². The van der Waals surface area contributed by atoms with Crippen LogP contribution < -0.4 is 4.74 Å². The minimum atomic E-state index is -0.302. The quantitative estimate of drug-likeness (QED) is 0.900. The first kappa shape index (κ1) is 13.9. The summed E-state index contributed by atoms with van der Waals surface area (Å²) in [7, 11) is 0. The number of hydrogen-bond donors (Lipinski definition) is 1. The molecule has 0 aromatic heterocycles. The third kappa shape index (κ3) is 2.45. The lowest BCUT2D eigenvalue weighted by atomic mass is 9.97. The van der Waals surface area contributed by atoms with Crippen molar-refractivity contribution in [2.24, 2.45) is 0 Å². The molecule has 0 bridgehead atoms. The molecule has 1 fully saturated rings. The monoisotopic (exact) mass is 276 g/mol. The predicted octanol–water partition coefficient (Wildman–Crippen LogP) is 3.39. The smallest absolute Gasteiger partial charge is 0.130 e. The summed E-state index contributed by atoms with van der Waals surface area (Å²) >= 11 is 0. The van der Waals surface area contributed by atoms with Crippen molar-refractivity contribution < 1.29 is 14.6 Å². The van der Waals surface area contributed by atoms with E-state index in [1.54, 1.807) is 0 Å². The van der Waals surface area contributed by atoms with Crippen molar-refractivity contribution in [2.75, 3.05) is 0 Å². The van der Waals surface area contributed by atoms with Gasteiger partial charge < -0.3 is 14.6 Å². The molecule has 2 unspecified atom stereocenters. The van der Waals surface area contributed by atoms with Crippen LogP contribution in [0.5, 0.6) is 5.75 Å². The Morgan fingerprint density at radius 2 is 2.00 bits per heavy atom. The largest absolute Gasteiger partial charge is 0.487 e. The molecule has 1 saturated heterocycles. The highest BCUT2D eigenvalue weighted by atomic mass is 16.6. The molecular formula is C17H24O3. The number of aliphatic hydroxyl groups is 1. The van der Waals surface area contributed by atoms with Crippen molar-refractivity contribution in [1.82, 2.24) is 0 Å². The van der Waals surface area contributed by atoms with Gasteiger partial charge in [-0.1, -0.05) is 6.07 Å². The van der Waals surface area contributed by atoms with Gasteiger partial charge in [0.1, 0.15) is 17.5 Å². The number of fused-ring (bicyclic) bond motifs is 1. The van der Waals surface area contributed by atoms with Gasteiger partial charge in [-0.15, -0.1) is 0 Å². The first-order chi connectivity index (χ1) is 9.27. The molecule has 0 saturated carbocycles. The van der Waals surface area contributed by atoms with Crippen LogP contribution in [0.15, 0.2) is 18.2 Å². The van der Waals surface area contributed by atoms with Crippen LogP contribution in [0.25, 0.3) is 0 Å². The molecule has 1 aliphatic heterocycles. The Kier molecular flexibility index (Phi) is 3.11. The van der Waals surface area contributed by atoms with Crippen molar-refractivity contribution in [3.63, 3.8) is 0 Å². The summed E-state index contributed by atoms with van der Waals surface area (Å²) in [4.78, 5) is 0. The van der Waals surface area contributed by atoms with E-state index in [0.717, 1.165) is 30.6 Å². The van der Waals surface area contributed by atoms with Crippen molar-refractivity contribution in [2.45, 2.75) is 70.4 Å². The number of hydrogen-bond acceptors (Lipinski definition) is 3. The zero-order valence-corrected chi connectivity index (χ0v) is 12.8. The Bertz CT molecular complexity index is 519. The Morgan fingerprint density at radius 3 is 2.65 bits per heavy atom. The lowest BCUT2D eigenvalue weighted by molar-refractivity contribution is -0.0846. The topological polar surface area (TPSA) is 38.7 Å². The van der Waals surface area contributed by atoms with Crippen LogP contribution in [0.2, 0.25) is 0 Å². The Balaban J connectivity index is 1.79. The molecule has 0 spiro atoms. The zero-order chi connectivity index (χ0) is 14.5. The van der Waals surface area contributed by atoms with Crippen molar-refractivity contribution in [3.05, 3.63) is 29.3 Å². The van der Waals surface area contributed by atoms with Crippen LogP contribution in [-0.4, -0.2) is 22.4 Å². The van der Waals surface area contributed by atoms with Crippen molar-refractivity contribution in [1.29, 1.82) is 0 Å². The summed E-state index contributed by atoms with van der Waals surface area (Å²) in [6.07, 6.45) is 2.40. The summed E-state index contributed by atoms with van der Waals surface area (Å²) in [5.74, 6) is 0.886. The molecule has 2 aliphatic rings. The van der Waals surface area contributed by atoms with E-state index in [2.05, 4.69) is 33.8 Å². The summed E-state index contributed by atoms with van der Waals surface area (Å²) < 4.78 is 12.2. The number of aryl methyl sites for hydroxylation is 1. The maximum absolute atomic E-state index is 9.85. The van der Waals surface area contributed by atoms with Crippen LogP contribution in [-0.2, 0) is 11.2 Å². The molecule has 0 radical (unpaired) electrons. The molecule has 1 N–H and O–H groups in total. The van der Waals surface area contributed by atoms with Gasteiger partial charge >= 0.3 is 0 Å². The summed E-state index contributed by atoms with van der Waals surface area (Å²) in [5.41, 5.74) is 1.86. The molecule has 1 aromatic rings. The molecule has 3 rings (SSSR count). The Morgan fingerprint density at radius 1 is 1.25 bits per heavy atom. The minimum Gasteiger partial charge on any atom is -0.487 e. The first-order valence-electron chi connectivity index (χ1n) is 7.45. The predicted molar refractivity (Wildman–Crippen MR) is 78.0 cm³/mol. The fraction of sp³-hybridized carbons (Fsp3) is 0.647. The number of benzene rings is 1. The van der Waals surface area contributed by atoms with E-state index in [1.807, 2.05) is 12.1 Å². The lowest BCUT2D eigenvalue weighted by Crippen LogP contribution is -2.36. The van der Waals surface area contributed by atoms with Gasteiger partial charge in [-0.2, -0.15) is 0 Å². The van der Waals surface area contributed by atoms with Crippen LogP contribution in [0, 0.1) is 0 Å². The van der Waals surface area contributed by atoms with Crippen LogP contribution in [0.3, 0.4) is 0 Å². The van der Waals surface area contributed by atoms with E-state index in [9.17, 15) is 5.11 Å². The highest BCUT2D eigenvalue weighted by molar-refractivity contribution is 5.40. The molecule has 1 heterocycles. The molecule has 20 heavy (non-hydrogen) atoms. The number of aliphatic hydroxyl groups excluding tert-OH is 1. The summed E-state index contributed by atoms with van der Waals surface area (Å²) in [6, 6.07) is 6.04. The molecule has 3 nitrogen and oxygen atoms in total. The highest BCUT2D eigenvalue weighted by Gasteiger charge is 2.47. The Hall–Kier alpha value is -1.06. The second-order valence-corrected chi connectivity index (χ2v) is 7.19. The van der Waals surface area contributed by atoms with E-state index in [0.29, 0.717) is 0 Å². The van der Waals surface area contributed by atoms with Crippen LogP contribution in [0.4, 0.5) is 0 Å². The zero-order valence-electron chi connectivity index (χ0n) is 12.8. The average molecular weight is 276 g/mol. The van der Waals surface area contributed by atoms with Gasteiger partial charge in [0.05, 0.1) is 11.7 Å². The van der Waals surface area contributed by atoms with Gasteiger partial charge in [0.2, 0.25) is 0 Å². The first-order valence-corrected chi connectivity index (χ1v) is 7.45. The van der Waals surface area contributed by atoms with Crippen molar-refractivity contribution >= 4 is 0 Å². The van der Waals surface area contributed by atoms with Crippen molar-refractivity contribution in [3.8, 4) is 5.75 Å². The standard InChI is InChI=1S/C17H24O3/c1-16(2)10-15(17(3,4)20-16)19-12-6-7-13-11(9-12)5-8-14(13)18/h6-7,9,14-15,18H,5,8,10H2,1-4H3. The SMILES string of the molecule is CC1(C)CC(Oc2ccc3c(c2)CCC3O)C(C)(C)O1. The van der Waals surface area contributed by atoms with E-state index in [-0.39, 0.29) is 23.4 Å². The summed E-state index contributed by atoms with van der Waals surface area (Å²) in [5, 5.41) is 9.85. The highest BCUT2D eigenvalue weighted by Crippen LogP contribution is 2.40. The van der Waals surface area contributed by atoms with Gasteiger partial charge in [0, 0.05) is 6.42 Å². The summed E-state index contributed by atoms with van der Waals surface area (Å²) in [6.45, 7) is 8.39. The fourth-order valence-corrected chi connectivity index (χ4v) is 3.50. The third-order valence-corrected chi connectivity index (χ3v) is 4.43. The second kappa shape index (κ2) is 4.47. The molecule has 2 atom stereocenters. The second-order valence-electron chi connectivity index (χ2n) is 7.19. The maximum Gasteiger partial charge on any atom is 0.130 e. The normalized spacial score (nSPS) is 30.2. The third-order valence-electron chi connectivity index (χ3n) is 4.43. The van der Waals surface area contributed by atoms with Gasteiger partial charge in [-0.3, -0.25) is 0 Å². The number of ether oxygens (including phenoxy) is 2. The number of rotatable bonds is 2. The lowest BCUT2D eigenvalue weighted by Gasteiger charge is -2.27. The molecule has 110 valence electrons. The molecule has 3 heteroatoms. The van der Waals surface area contributed by atoms with Gasteiger partial charge in [-0.25, -0.2) is 0 Å². The molecule has 1 aliphatic carbocycles. The van der Waals surface area contributed by atoms with Gasteiger partial charge in [0.15, 0.2) is 0 Å². The van der Waals surface area contributed by atoms with Gasteiger partial charge in [-0.05, 0) is 63.8 Å². The van der Waals surface area contributed by atoms with Crippen LogP contribution in [0.1, 0.15) is 57.8 Å². The van der Waals surface area contributed by atoms with E-state index in [1.165, 1.54) is 5.56 Å². The van der Waals surface area contributed by atoms with Crippen LogP contribution >= 0.6 is 0 Å². The van der Waals surface area contributed by atoms with E-state index in [4.69, 9.17) is 9.47 Å². The Labute approximate surface area is 120 Å². The fourth-order valence-electron chi connectivity index (χ4n) is 3.50. The maximum atomic E-state index is 9.85. The minimum absolute atomic E-state index is 0.0573. The van der Waals surface area contributed by atoms with Gasteiger partial charge in [0.25, 0.3) is 0 Å². The van der Waals surface area contributed by atoms with E-state index < -0.39 is 0 Å². The molecule has 1 aromatic carbocycles. The average Bonchev–Trinajstić information content (AvgIpc) is 2.77. The molecular weight excluding hydrogens is 252 g/mol. The molecule has 0 amide bonds.